The first-order valence-corrected chi connectivity index (χ1v) is 7.24. The molecule has 1 aliphatic carbocycles. The minimum absolute atomic E-state index is 0.0156. The third-order valence-electron chi connectivity index (χ3n) is 3.35. The van der Waals surface area contributed by atoms with E-state index in [4.69, 9.17) is 9.63 Å². The van der Waals surface area contributed by atoms with Crippen LogP contribution in [-0.4, -0.2) is 40.5 Å². The highest BCUT2D eigenvalue weighted by molar-refractivity contribution is 5.74. The second-order valence-electron chi connectivity index (χ2n) is 5.52. The number of nitrogens with zero attached hydrogens (tertiary/aromatic N) is 2. The Balaban J connectivity index is 1.66. The van der Waals surface area contributed by atoms with E-state index in [-0.39, 0.29) is 30.5 Å². The number of aliphatic hydroxyl groups is 1. The summed E-state index contributed by atoms with van der Waals surface area (Å²) in [7, 11) is 0. The van der Waals surface area contributed by atoms with Crippen LogP contribution < -0.4 is 10.6 Å². The zero-order chi connectivity index (χ0) is 15.2. The Morgan fingerprint density at radius 1 is 1.52 bits per heavy atom. The van der Waals surface area contributed by atoms with Gasteiger partial charge in [0.1, 0.15) is 0 Å². The van der Waals surface area contributed by atoms with Gasteiger partial charge in [-0.05, 0) is 6.42 Å². The van der Waals surface area contributed by atoms with E-state index in [1.54, 1.807) is 0 Å². The molecule has 0 aromatic carbocycles. The van der Waals surface area contributed by atoms with Gasteiger partial charge in [-0.25, -0.2) is 4.79 Å². The molecule has 0 saturated heterocycles. The summed E-state index contributed by atoms with van der Waals surface area (Å²) in [4.78, 5) is 16.0. The number of urea groups is 1. The summed E-state index contributed by atoms with van der Waals surface area (Å²) >= 11 is 0. The zero-order valence-corrected chi connectivity index (χ0v) is 12.4. The number of carbonyl (C=O) groups excluding carboxylic acids is 1. The molecule has 7 heteroatoms. The predicted octanol–water partition coefficient (Wildman–Crippen LogP) is 0.972. The van der Waals surface area contributed by atoms with Gasteiger partial charge in [0.15, 0.2) is 5.82 Å². The highest BCUT2D eigenvalue weighted by Crippen LogP contribution is 2.16. The Labute approximate surface area is 123 Å². The molecule has 0 aliphatic heterocycles. The van der Waals surface area contributed by atoms with E-state index >= 15 is 0 Å². The average molecular weight is 294 g/mol. The molecule has 1 aliphatic rings. The van der Waals surface area contributed by atoms with Gasteiger partial charge >= 0.3 is 6.03 Å². The van der Waals surface area contributed by atoms with Gasteiger partial charge in [-0.15, -0.1) is 0 Å². The van der Waals surface area contributed by atoms with Gasteiger partial charge in [0.25, 0.3) is 0 Å². The molecule has 1 aromatic rings. The van der Waals surface area contributed by atoms with Gasteiger partial charge in [0.05, 0.1) is 0 Å². The quantitative estimate of drug-likeness (QED) is 0.679. The van der Waals surface area contributed by atoms with Crippen LogP contribution in [0.3, 0.4) is 0 Å². The maximum absolute atomic E-state index is 11.7. The SMILES string of the molecule is CC(C)c1noc(CCNC(=O)N[C@@H]2C=C[C@H](CO)C2)n1. The van der Waals surface area contributed by atoms with Crippen molar-refractivity contribution in [3.63, 3.8) is 0 Å². The first kappa shape index (κ1) is 15.5. The molecule has 0 unspecified atom stereocenters. The highest BCUT2D eigenvalue weighted by Gasteiger charge is 2.19. The number of amides is 2. The van der Waals surface area contributed by atoms with Crippen molar-refractivity contribution < 1.29 is 14.4 Å². The fraction of sp³-hybridized carbons (Fsp3) is 0.643. The second-order valence-corrected chi connectivity index (χ2v) is 5.52. The first-order chi connectivity index (χ1) is 10.1. The van der Waals surface area contributed by atoms with Crippen LogP contribution in [0.25, 0.3) is 0 Å². The fourth-order valence-electron chi connectivity index (χ4n) is 2.12. The van der Waals surface area contributed by atoms with Gasteiger partial charge in [-0.2, -0.15) is 4.98 Å². The number of aliphatic hydroxyl groups excluding tert-OH is 1. The molecule has 0 spiro atoms. The van der Waals surface area contributed by atoms with Crippen LogP contribution >= 0.6 is 0 Å². The highest BCUT2D eigenvalue weighted by atomic mass is 16.5. The number of hydrogen-bond donors (Lipinski definition) is 3. The van der Waals surface area contributed by atoms with Gasteiger partial charge in [-0.3, -0.25) is 0 Å². The van der Waals surface area contributed by atoms with Gasteiger partial charge < -0.3 is 20.3 Å². The molecule has 2 rings (SSSR count). The molecule has 0 saturated carbocycles. The Morgan fingerprint density at radius 3 is 2.95 bits per heavy atom. The number of aromatic nitrogens is 2. The Morgan fingerprint density at radius 2 is 2.33 bits per heavy atom. The van der Waals surface area contributed by atoms with Gasteiger partial charge in [0.2, 0.25) is 5.89 Å². The van der Waals surface area contributed by atoms with Crippen molar-refractivity contribution in [1.82, 2.24) is 20.8 Å². The summed E-state index contributed by atoms with van der Waals surface area (Å²) in [5.41, 5.74) is 0. The van der Waals surface area contributed by atoms with Crippen LogP contribution in [0.4, 0.5) is 4.79 Å². The van der Waals surface area contributed by atoms with Crippen LogP contribution in [0.2, 0.25) is 0 Å². The molecular weight excluding hydrogens is 272 g/mol. The van der Waals surface area contributed by atoms with Crippen molar-refractivity contribution >= 4 is 6.03 Å². The monoisotopic (exact) mass is 294 g/mol. The van der Waals surface area contributed by atoms with E-state index in [2.05, 4.69) is 20.8 Å². The minimum Gasteiger partial charge on any atom is -0.396 e. The molecule has 0 fully saturated rings. The standard InChI is InChI=1S/C14H22N4O3/c1-9(2)13-17-12(21-18-13)5-6-15-14(20)16-11-4-3-10(7-11)8-19/h3-4,9-11,19H,5-8H2,1-2H3,(H2,15,16,20)/t10-,11+/m0/s1. The largest absolute Gasteiger partial charge is 0.396 e. The van der Waals surface area contributed by atoms with E-state index in [0.29, 0.717) is 24.7 Å². The van der Waals surface area contributed by atoms with Crippen LogP contribution in [0.1, 0.15) is 37.9 Å². The minimum atomic E-state index is -0.230. The summed E-state index contributed by atoms with van der Waals surface area (Å²) in [5, 5.41) is 18.5. The Kier molecular flexibility index (Phi) is 5.32. The summed E-state index contributed by atoms with van der Waals surface area (Å²) < 4.78 is 5.10. The third-order valence-corrected chi connectivity index (χ3v) is 3.35. The Bertz CT molecular complexity index is 498. The third kappa shape index (κ3) is 4.56. The lowest BCUT2D eigenvalue weighted by atomic mass is 10.1. The fourth-order valence-corrected chi connectivity index (χ4v) is 2.12. The smallest absolute Gasteiger partial charge is 0.315 e. The molecular formula is C14H22N4O3. The average Bonchev–Trinajstić information content (AvgIpc) is 3.07. The van der Waals surface area contributed by atoms with E-state index in [1.807, 2.05) is 26.0 Å². The molecule has 1 aromatic heterocycles. The lowest BCUT2D eigenvalue weighted by molar-refractivity contribution is 0.231. The van der Waals surface area contributed by atoms with Crippen molar-refractivity contribution in [1.29, 1.82) is 0 Å². The molecule has 0 radical (unpaired) electrons. The Hall–Kier alpha value is -1.89. The van der Waals surface area contributed by atoms with Crippen molar-refractivity contribution in [2.75, 3.05) is 13.2 Å². The number of carbonyl (C=O) groups is 1. The van der Waals surface area contributed by atoms with Crippen LogP contribution in [-0.2, 0) is 6.42 Å². The van der Waals surface area contributed by atoms with Crippen LogP contribution in [0.5, 0.6) is 0 Å². The summed E-state index contributed by atoms with van der Waals surface area (Å²) in [6.07, 6.45) is 5.09. The van der Waals surface area contributed by atoms with Gasteiger partial charge in [0, 0.05) is 37.5 Å². The molecule has 3 N–H and O–H groups in total. The van der Waals surface area contributed by atoms with Crippen molar-refractivity contribution in [3.05, 3.63) is 23.9 Å². The summed E-state index contributed by atoms with van der Waals surface area (Å²) in [6.45, 7) is 4.54. The number of nitrogens with one attached hydrogen (secondary N) is 2. The molecule has 0 bridgehead atoms. The molecule has 116 valence electrons. The maximum Gasteiger partial charge on any atom is 0.315 e. The summed E-state index contributed by atoms with van der Waals surface area (Å²) in [5.74, 6) is 1.58. The van der Waals surface area contributed by atoms with E-state index in [9.17, 15) is 4.79 Å². The predicted molar refractivity (Wildman–Crippen MR) is 76.7 cm³/mol. The molecule has 1 heterocycles. The maximum atomic E-state index is 11.7. The molecule has 2 amide bonds. The number of rotatable bonds is 6. The van der Waals surface area contributed by atoms with Crippen LogP contribution in [0.15, 0.2) is 16.7 Å². The summed E-state index contributed by atoms with van der Waals surface area (Å²) in [6, 6.07) is -0.245. The topological polar surface area (TPSA) is 100 Å². The lowest BCUT2D eigenvalue weighted by Crippen LogP contribution is -2.41. The van der Waals surface area contributed by atoms with E-state index in [0.717, 1.165) is 6.42 Å². The van der Waals surface area contributed by atoms with Crippen LogP contribution in [0, 0.1) is 5.92 Å². The molecule has 21 heavy (non-hydrogen) atoms. The normalized spacial score (nSPS) is 21.0. The molecule has 2 atom stereocenters. The van der Waals surface area contributed by atoms with Gasteiger partial charge in [-0.1, -0.05) is 31.2 Å². The zero-order valence-electron chi connectivity index (χ0n) is 12.4. The first-order valence-electron chi connectivity index (χ1n) is 7.24. The second kappa shape index (κ2) is 7.21. The van der Waals surface area contributed by atoms with E-state index < -0.39 is 0 Å². The molecule has 7 nitrogen and oxygen atoms in total. The van der Waals surface area contributed by atoms with E-state index in [1.165, 1.54) is 0 Å². The van der Waals surface area contributed by atoms with Crippen molar-refractivity contribution in [2.24, 2.45) is 5.92 Å². The van der Waals surface area contributed by atoms with Crippen molar-refractivity contribution in [2.45, 2.75) is 38.6 Å². The number of hydrogen-bond acceptors (Lipinski definition) is 5. The van der Waals surface area contributed by atoms with Crippen molar-refractivity contribution in [3.8, 4) is 0 Å². The lowest BCUT2D eigenvalue weighted by Gasteiger charge is -2.13.